The summed E-state index contributed by atoms with van der Waals surface area (Å²) in [6.07, 6.45) is 1.46. The summed E-state index contributed by atoms with van der Waals surface area (Å²) >= 11 is 0. The molecule has 0 aliphatic rings. The van der Waals surface area contributed by atoms with Crippen LogP contribution < -0.4 is 9.47 Å². The van der Waals surface area contributed by atoms with Crippen molar-refractivity contribution in [2.24, 2.45) is 0 Å². The van der Waals surface area contributed by atoms with Crippen LogP contribution in [-0.4, -0.2) is 32.2 Å². The third-order valence-corrected chi connectivity index (χ3v) is 1.74. The predicted molar refractivity (Wildman–Crippen MR) is 54.3 cm³/mol. The number of benzene rings is 1. The number of ether oxygens (including phenoxy) is 2. The number of rotatable bonds is 3. The highest BCUT2D eigenvalue weighted by Crippen LogP contribution is 2.26. The maximum atomic E-state index is 10.8. The molecule has 0 spiro atoms. The summed E-state index contributed by atoms with van der Waals surface area (Å²) in [4.78, 5) is 0. The van der Waals surface area contributed by atoms with Gasteiger partial charge in [-0.25, -0.2) is 4.74 Å². The van der Waals surface area contributed by atoms with Crippen LogP contribution in [0.25, 0.3) is 0 Å². The van der Waals surface area contributed by atoms with Crippen molar-refractivity contribution in [3.63, 3.8) is 0 Å². The average Bonchev–Trinajstić information content (AvgIpc) is 2.16. The van der Waals surface area contributed by atoms with Gasteiger partial charge in [0.05, 0.1) is 14.2 Å². The average molecular weight is 195 g/mol. The Balaban J connectivity index is 3.07. The normalized spacial score (nSPS) is 11.2. The predicted octanol–water partition coefficient (Wildman–Crippen LogP) is 1.26. The Bertz CT molecular complexity index is 343. The molecule has 0 unspecified atom stereocenters. The fourth-order valence-corrected chi connectivity index (χ4v) is 1.14. The molecule has 76 valence electrons. The molecular weight excluding hydrogens is 182 g/mol. The Labute approximate surface area is 83.0 Å². The first-order chi connectivity index (χ1) is 6.67. The van der Waals surface area contributed by atoms with Gasteiger partial charge < -0.3 is 14.7 Å². The number of nitrogens with zero attached hydrogens (tertiary/aromatic N) is 1. The Morgan fingerprint density at radius 3 is 2.36 bits per heavy atom. The van der Waals surface area contributed by atoms with Crippen molar-refractivity contribution in [3.05, 3.63) is 29.0 Å². The van der Waals surface area contributed by atoms with E-state index in [2.05, 4.69) is 0 Å². The van der Waals surface area contributed by atoms with Gasteiger partial charge in [-0.15, -0.1) is 0 Å². The van der Waals surface area contributed by atoms with Crippen molar-refractivity contribution in [1.29, 1.82) is 0 Å². The van der Waals surface area contributed by atoms with Crippen LogP contribution in [-0.2, 0) is 0 Å². The van der Waals surface area contributed by atoms with Gasteiger partial charge in [0, 0.05) is 5.56 Å². The molecule has 4 heteroatoms. The Morgan fingerprint density at radius 1 is 1.21 bits per heavy atom. The van der Waals surface area contributed by atoms with Gasteiger partial charge in [0.1, 0.15) is 7.05 Å². The van der Waals surface area contributed by atoms with E-state index in [0.29, 0.717) is 11.5 Å². The number of hydroxylamine groups is 1. The fourth-order valence-electron chi connectivity index (χ4n) is 1.14. The molecule has 0 aliphatic heterocycles. The molecule has 0 atom stereocenters. The van der Waals surface area contributed by atoms with Crippen molar-refractivity contribution in [2.75, 3.05) is 21.3 Å². The van der Waals surface area contributed by atoms with Crippen molar-refractivity contribution in [2.45, 2.75) is 0 Å². The summed E-state index contributed by atoms with van der Waals surface area (Å²) in [5.41, 5.74) is 0.778. The van der Waals surface area contributed by atoms with E-state index in [0.717, 1.165) is 10.3 Å². The van der Waals surface area contributed by atoms with Crippen LogP contribution in [0.2, 0.25) is 0 Å². The number of methoxy groups -OCH3 is 2. The molecule has 0 aromatic heterocycles. The van der Waals surface area contributed by atoms with Crippen LogP contribution in [0.15, 0.2) is 18.2 Å². The lowest BCUT2D eigenvalue weighted by Crippen LogP contribution is -1.98. The van der Waals surface area contributed by atoms with E-state index in [1.807, 2.05) is 0 Å². The fraction of sp³-hybridized carbons (Fsp3) is 0.300. The Hall–Kier alpha value is -1.71. The van der Waals surface area contributed by atoms with Gasteiger partial charge in [0.25, 0.3) is 0 Å². The lowest BCUT2D eigenvalue weighted by Gasteiger charge is -2.07. The standard InChI is InChI=1S/C10H13NO3/c1-11(12)7-8-4-5-9(13-2)10(6-8)14-3/h4-7H,1-3H3. The molecule has 0 saturated carbocycles. The minimum atomic E-state index is 0.614. The summed E-state index contributed by atoms with van der Waals surface area (Å²) in [5.74, 6) is 1.27. The first-order valence-corrected chi connectivity index (χ1v) is 4.14. The lowest BCUT2D eigenvalue weighted by molar-refractivity contribution is -0.416. The Kier molecular flexibility index (Phi) is 3.34. The number of hydrogen-bond acceptors (Lipinski definition) is 3. The zero-order valence-corrected chi connectivity index (χ0v) is 8.48. The highest BCUT2D eigenvalue weighted by atomic mass is 16.5. The highest BCUT2D eigenvalue weighted by Gasteiger charge is 2.04. The Morgan fingerprint density at radius 2 is 1.86 bits per heavy atom. The summed E-state index contributed by atoms with van der Waals surface area (Å²) in [7, 11) is 4.56. The van der Waals surface area contributed by atoms with E-state index in [-0.39, 0.29) is 0 Å². The second-order valence-electron chi connectivity index (χ2n) is 2.79. The molecule has 0 bridgehead atoms. The van der Waals surface area contributed by atoms with Crippen LogP contribution in [0, 0.1) is 5.21 Å². The smallest absolute Gasteiger partial charge is 0.181 e. The van der Waals surface area contributed by atoms with Crippen LogP contribution in [0.3, 0.4) is 0 Å². The van der Waals surface area contributed by atoms with Gasteiger partial charge in [-0.3, -0.25) is 0 Å². The largest absolute Gasteiger partial charge is 0.624 e. The molecule has 0 saturated heterocycles. The van der Waals surface area contributed by atoms with Crippen LogP contribution in [0.1, 0.15) is 5.56 Å². The molecule has 0 radical (unpaired) electrons. The quantitative estimate of drug-likeness (QED) is 0.315. The maximum Gasteiger partial charge on any atom is 0.181 e. The van der Waals surface area contributed by atoms with Gasteiger partial charge in [-0.2, -0.15) is 0 Å². The molecule has 1 aromatic carbocycles. The van der Waals surface area contributed by atoms with Crippen molar-refractivity contribution >= 4 is 6.21 Å². The van der Waals surface area contributed by atoms with Crippen molar-refractivity contribution in [1.82, 2.24) is 0 Å². The summed E-state index contributed by atoms with van der Waals surface area (Å²) in [6.45, 7) is 0. The molecule has 4 nitrogen and oxygen atoms in total. The van der Waals surface area contributed by atoms with Crippen LogP contribution in [0.4, 0.5) is 0 Å². The van der Waals surface area contributed by atoms with Crippen molar-refractivity contribution in [3.8, 4) is 11.5 Å². The molecule has 14 heavy (non-hydrogen) atoms. The summed E-state index contributed by atoms with van der Waals surface area (Å²) in [5, 5.41) is 10.8. The number of hydrogen-bond donors (Lipinski definition) is 0. The zero-order chi connectivity index (χ0) is 10.6. The van der Waals surface area contributed by atoms with E-state index in [1.54, 1.807) is 32.4 Å². The topological polar surface area (TPSA) is 44.5 Å². The van der Waals surface area contributed by atoms with Gasteiger partial charge >= 0.3 is 0 Å². The second-order valence-corrected chi connectivity index (χ2v) is 2.79. The van der Waals surface area contributed by atoms with Gasteiger partial charge in [0.2, 0.25) is 0 Å². The molecule has 0 heterocycles. The van der Waals surface area contributed by atoms with E-state index >= 15 is 0 Å². The SMILES string of the molecule is COc1ccc(C=[N+](C)[O-])cc1OC. The van der Waals surface area contributed by atoms with E-state index in [1.165, 1.54) is 13.3 Å². The molecule has 1 aromatic rings. The minimum Gasteiger partial charge on any atom is -0.624 e. The van der Waals surface area contributed by atoms with E-state index in [9.17, 15) is 5.21 Å². The third kappa shape index (κ3) is 2.39. The van der Waals surface area contributed by atoms with Crippen LogP contribution in [0.5, 0.6) is 11.5 Å². The molecular formula is C10H13NO3. The van der Waals surface area contributed by atoms with E-state index < -0.39 is 0 Å². The monoisotopic (exact) mass is 195 g/mol. The van der Waals surface area contributed by atoms with Gasteiger partial charge in [-0.1, -0.05) is 0 Å². The maximum absolute atomic E-state index is 10.8. The minimum absolute atomic E-state index is 0.614. The van der Waals surface area contributed by atoms with Gasteiger partial charge in [0.15, 0.2) is 17.7 Å². The molecule has 0 N–H and O–H groups in total. The molecule has 0 aliphatic carbocycles. The van der Waals surface area contributed by atoms with Gasteiger partial charge in [-0.05, 0) is 18.2 Å². The van der Waals surface area contributed by atoms with Crippen molar-refractivity contribution < 1.29 is 14.2 Å². The van der Waals surface area contributed by atoms with Crippen LogP contribution >= 0.6 is 0 Å². The summed E-state index contributed by atoms with van der Waals surface area (Å²) < 4.78 is 10.9. The molecule has 0 amide bonds. The first kappa shape index (κ1) is 10.4. The lowest BCUT2D eigenvalue weighted by atomic mass is 10.2. The second kappa shape index (κ2) is 4.50. The molecule has 1 rings (SSSR count). The molecule has 0 fully saturated rings. The highest BCUT2D eigenvalue weighted by molar-refractivity contribution is 5.77. The first-order valence-electron chi connectivity index (χ1n) is 4.14. The van der Waals surface area contributed by atoms with E-state index in [4.69, 9.17) is 9.47 Å². The zero-order valence-electron chi connectivity index (χ0n) is 8.48. The third-order valence-electron chi connectivity index (χ3n) is 1.74. The summed E-state index contributed by atoms with van der Waals surface area (Å²) in [6, 6.07) is 5.29.